The largest absolute Gasteiger partial charge is 0.481 e. The number of nitrogens with zero attached hydrogens (tertiary/aromatic N) is 1. The standard InChI is InChI=1S/C15H18N2O3/c1-17-5-4-9(8-17)7-16-14(18)12-10-2-3-11(6-10)13(12)15(19)20/h2-5,8,10-13H,6-7H2,1H3,(H,16,18)(H,19,20)/t10?,11?,12-,13+/m0/s1. The van der Waals surface area contributed by atoms with E-state index in [4.69, 9.17) is 0 Å². The van der Waals surface area contributed by atoms with Gasteiger partial charge in [0.2, 0.25) is 5.91 Å². The lowest BCUT2D eigenvalue weighted by Gasteiger charge is -2.23. The number of hydrogen-bond acceptors (Lipinski definition) is 2. The number of aryl methyl sites for hydroxylation is 1. The molecule has 2 N–H and O–H groups in total. The summed E-state index contributed by atoms with van der Waals surface area (Å²) in [7, 11) is 1.92. The van der Waals surface area contributed by atoms with Crippen molar-refractivity contribution in [3.63, 3.8) is 0 Å². The molecular formula is C15H18N2O3. The predicted molar refractivity (Wildman–Crippen MR) is 72.6 cm³/mol. The molecule has 2 aliphatic rings. The monoisotopic (exact) mass is 274 g/mol. The molecule has 20 heavy (non-hydrogen) atoms. The van der Waals surface area contributed by atoms with E-state index in [1.807, 2.05) is 42.2 Å². The van der Waals surface area contributed by atoms with Crippen LogP contribution in [0.25, 0.3) is 0 Å². The third-order valence-corrected chi connectivity index (χ3v) is 4.41. The van der Waals surface area contributed by atoms with Crippen LogP contribution < -0.4 is 5.32 Å². The lowest BCUT2D eigenvalue weighted by atomic mass is 9.82. The highest BCUT2D eigenvalue weighted by Gasteiger charge is 2.51. The Morgan fingerprint density at radius 1 is 1.35 bits per heavy atom. The number of amides is 1. The van der Waals surface area contributed by atoms with Crippen LogP contribution in [0.3, 0.4) is 0 Å². The first-order valence-electron chi connectivity index (χ1n) is 6.86. The Labute approximate surface area is 117 Å². The van der Waals surface area contributed by atoms with Crippen molar-refractivity contribution in [1.82, 2.24) is 9.88 Å². The number of carboxylic acid groups (broad SMARTS) is 1. The number of fused-ring (bicyclic) bond motifs is 2. The second kappa shape index (κ2) is 4.81. The van der Waals surface area contributed by atoms with Crippen molar-refractivity contribution >= 4 is 11.9 Å². The fraction of sp³-hybridized carbons (Fsp3) is 0.467. The Morgan fingerprint density at radius 3 is 2.65 bits per heavy atom. The van der Waals surface area contributed by atoms with Crippen LogP contribution >= 0.6 is 0 Å². The van der Waals surface area contributed by atoms with Gasteiger partial charge in [-0.2, -0.15) is 0 Å². The number of allylic oxidation sites excluding steroid dienone is 2. The maximum absolute atomic E-state index is 12.3. The Morgan fingerprint density at radius 2 is 2.05 bits per heavy atom. The van der Waals surface area contributed by atoms with Crippen molar-refractivity contribution in [2.75, 3.05) is 0 Å². The van der Waals surface area contributed by atoms with Gasteiger partial charge in [0.25, 0.3) is 0 Å². The predicted octanol–water partition coefficient (Wildman–Crippen LogP) is 1.16. The highest BCUT2D eigenvalue weighted by atomic mass is 16.4. The van der Waals surface area contributed by atoms with Gasteiger partial charge in [-0.25, -0.2) is 0 Å². The molecule has 0 saturated heterocycles. The molecule has 0 spiro atoms. The summed E-state index contributed by atoms with van der Waals surface area (Å²) >= 11 is 0. The summed E-state index contributed by atoms with van der Waals surface area (Å²) < 4.78 is 1.92. The van der Waals surface area contributed by atoms with Crippen LogP contribution in [0.5, 0.6) is 0 Å². The van der Waals surface area contributed by atoms with Gasteiger partial charge < -0.3 is 15.0 Å². The van der Waals surface area contributed by atoms with Crippen LogP contribution in [-0.4, -0.2) is 21.6 Å². The van der Waals surface area contributed by atoms with E-state index in [-0.39, 0.29) is 17.7 Å². The van der Waals surface area contributed by atoms with Gasteiger partial charge in [-0.05, 0) is 29.9 Å². The number of carboxylic acids is 1. The van der Waals surface area contributed by atoms with E-state index in [1.165, 1.54) is 0 Å². The average molecular weight is 274 g/mol. The Balaban J connectivity index is 1.67. The SMILES string of the molecule is Cn1ccc(CNC(=O)[C@H]2C3C=CC(C3)[C@H]2C(=O)O)c1. The van der Waals surface area contributed by atoms with E-state index in [0.717, 1.165) is 12.0 Å². The van der Waals surface area contributed by atoms with Gasteiger partial charge in [0.05, 0.1) is 11.8 Å². The van der Waals surface area contributed by atoms with Crippen molar-refractivity contribution < 1.29 is 14.7 Å². The molecule has 1 saturated carbocycles. The number of aliphatic carboxylic acids is 1. The van der Waals surface area contributed by atoms with E-state index in [9.17, 15) is 14.7 Å². The van der Waals surface area contributed by atoms with Crippen LogP contribution in [0.1, 0.15) is 12.0 Å². The van der Waals surface area contributed by atoms with Crippen molar-refractivity contribution in [1.29, 1.82) is 0 Å². The summed E-state index contributed by atoms with van der Waals surface area (Å²) in [6.45, 7) is 0.448. The number of carbonyl (C=O) groups excluding carboxylic acids is 1. The first-order chi connectivity index (χ1) is 9.56. The molecular weight excluding hydrogens is 256 g/mol. The number of carbonyl (C=O) groups is 2. The summed E-state index contributed by atoms with van der Waals surface area (Å²) in [5, 5.41) is 12.2. The Hall–Kier alpha value is -2.04. The van der Waals surface area contributed by atoms with Crippen molar-refractivity contribution in [3.05, 3.63) is 36.2 Å². The van der Waals surface area contributed by atoms with Gasteiger partial charge in [0.1, 0.15) is 0 Å². The van der Waals surface area contributed by atoms with Gasteiger partial charge in [0, 0.05) is 26.0 Å². The van der Waals surface area contributed by atoms with Crippen molar-refractivity contribution in [2.45, 2.75) is 13.0 Å². The summed E-state index contributed by atoms with van der Waals surface area (Å²) in [5.74, 6) is -1.89. The third kappa shape index (κ3) is 2.13. The maximum Gasteiger partial charge on any atom is 0.307 e. The average Bonchev–Trinajstić information content (AvgIpc) is 3.10. The van der Waals surface area contributed by atoms with Crippen LogP contribution in [0.2, 0.25) is 0 Å². The Kier molecular flexibility index (Phi) is 3.12. The molecule has 0 radical (unpaired) electrons. The topological polar surface area (TPSA) is 71.3 Å². The fourth-order valence-corrected chi connectivity index (χ4v) is 3.49. The minimum atomic E-state index is -0.860. The first-order valence-corrected chi connectivity index (χ1v) is 6.86. The Bertz CT molecular complexity index is 575. The quantitative estimate of drug-likeness (QED) is 0.809. The lowest BCUT2D eigenvalue weighted by molar-refractivity contribution is -0.147. The minimum Gasteiger partial charge on any atom is -0.481 e. The highest BCUT2D eigenvalue weighted by Crippen LogP contribution is 2.48. The summed E-state index contributed by atoms with van der Waals surface area (Å²) in [6.07, 6.45) is 8.60. The molecule has 0 aromatic carbocycles. The number of hydrogen-bond donors (Lipinski definition) is 2. The molecule has 3 rings (SSSR count). The maximum atomic E-state index is 12.3. The molecule has 5 heteroatoms. The normalized spacial score (nSPS) is 30.6. The van der Waals surface area contributed by atoms with E-state index in [0.29, 0.717) is 6.54 Å². The van der Waals surface area contributed by atoms with Crippen LogP contribution in [0, 0.1) is 23.7 Å². The van der Waals surface area contributed by atoms with E-state index in [2.05, 4.69) is 5.32 Å². The molecule has 2 unspecified atom stereocenters. The molecule has 1 aromatic heterocycles. The van der Waals surface area contributed by atoms with Gasteiger partial charge in [-0.15, -0.1) is 0 Å². The molecule has 2 aliphatic carbocycles. The zero-order chi connectivity index (χ0) is 14.3. The summed E-state index contributed by atoms with van der Waals surface area (Å²) in [5.41, 5.74) is 1.02. The van der Waals surface area contributed by atoms with E-state index >= 15 is 0 Å². The van der Waals surface area contributed by atoms with Gasteiger partial charge >= 0.3 is 5.97 Å². The molecule has 1 aromatic rings. The van der Waals surface area contributed by atoms with E-state index < -0.39 is 17.8 Å². The van der Waals surface area contributed by atoms with Crippen molar-refractivity contribution in [2.24, 2.45) is 30.7 Å². The molecule has 1 heterocycles. The van der Waals surface area contributed by atoms with Gasteiger partial charge in [-0.1, -0.05) is 12.2 Å². The third-order valence-electron chi connectivity index (χ3n) is 4.41. The van der Waals surface area contributed by atoms with Crippen molar-refractivity contribution in [3.8, 4) is 0 Å². The summed E-state index contributed by atoms with van der Waals surface area (Å²) in [6, 6.07) is 1.94. The number of rotatable bonds is 4. The zero-order valence-corrected chi connectivity index (χ0v) is 11.3. The lowest BCUT2D eigenvalue weighted by Crippen LogP contribution is -2.39. The number of nitrogens with one attached hydrogen (secondary N) is 1. The van der Waals surface area contributed by atoms with E-state index in [1.54, 1.807) is 0 Å². The molecule has 0 aliphatic heterocycles. The van der Waals surface area contributed by atoms with Crippen LogP contribution in [0.4, 0.5) is 0 Å². The fourth-order valence-electron chi connectivity index (χ4n) is 3.49. The molecule has 1 amide bonds. The molecule has 5 nitrogen and oxygen atoms in total. The minimum absolute atomic E-state index is 0.0185. The second-order valence-corrected chi connectivity index (χ2v) is 5.74. The molecule has 4 atom stereocenters. The first kappa shape index (κ1) is 13.0. The molecule has 2 bridgehead atoms. The van der Waals surface area contributed by atoms with Gasteiger partial charge in [-0.3, -0.25) is 9.59 Å². The molecule has 1 fully saturated rings. The smallest absolute Gasteiger partial charge is 0.307 e. The highest BCUT2D eigenvalue weighted by molar-refractivity contribution is 5.86. The van der Waals surface area contributed by atoms with Crippen LogP contribution in [-0.2, 0) is 23.2 Å². The summed E-state index contributed by atoms with van der Waals surface area (Å²) in [4.78, 5) is 23.7. The van der Waals surface area contributed by atoms with Gasteiger partial charge in [0.15, 0.2) is 0 Å². The van der Waals surface area contributed by atoms with Crippen LogP contribution in [0.15, 0.2) is 30.6 Å². The second-order valence-electron chi connectivity index (χ2n) is 5.74. The number of aromatic nitrogens is 1. The zero-order valence-electron chi connectivity index (χ0n) is 11.3. The molecule has 106 valence electrons.